The first kappa shape index (κ1) is 15.0. The highest BCUT2D eigenvalue weighted by Gasteiger charge is 2.54. The van der Waals surface area contributed by atoms with Crippen LogP contribution in [0.1, 0.15) is 25.8 Å². The predicted octanol–water partition coefficient (Wildman–Crippen LogP) is 3.85. The van der Waals surface area contributed by atoms with Gasteiger partial charge in [0.25, 0.3) is 0 Å². The lowest BCUT2D eigenvalue weighted by molar-refractivity contribution is -0.133. The summed E-state index contributed by atoms with van der Waals surface area (Å²) in [5, 5.41) is 0. The molecule has 116 valence electrons. The molecule has 1 saturated carbocycles. The van der Waals surface area contributed by atoms with Crippen LogP contribution in [0.2, 0.25) is 0 Å². The summed E-state index contributed by atoms with van der Waals surface area (Å²) >= 11 is 0. The second-order valence-electron chi connectivity index (χ2n) is 6.66. The van der Waals surface area contributed by atoms with E-state index < -0.39 is 0 Å². The molecule has 4 rings (SSSR count). The molecule has 0 amide bonds. The highest BCUT2D eigenvalue weighted by Crippen LogP contribution is 2.58. The SMILES string of the molecule is COCOc1ccc(/C=C/C2=CC(=O)[C@H]3C[C@@H]2C3(C)C)cc1. The predicted molar refractivity (Wildman–Crippen MR) is 86.4 cm³/mol. The van der Waals surface area contributed by atoms with Crippen molar-refractivity contribution in [2.45, 2.75) is 20.3 Å². The van der Waals surface area contributed by atoms with Crippen LogP contribution >= 0.6 is 0 Å². The van der Waals surface area contributed by atoms with Crippen molar-refractivity contribution in [3.8, 4) is 5.75 Å². The number of ketones is 1. The molecule has 0 spiro atoms. The van der Waals surface area contributed by atoms with Gasteiger partial charge in [0, 0.05) is 13.0 Å². The summed E-state index contributed by atoms with van der Waals surface area (Å²) in [6.45, 7) is 4.65. The summed E-state index contributed by atoms with van der Waals surface area (Å²) in [4.78, 5) is 12.1. The number of carbonyl (C=O) groups is 1. The Labute approximate surface area is 131 Å². The van der Waals surface area contributed by atoms with Crippen molar-refractivity contribution >= 4 is 11.9 Å². The van der Waals surface area contributed by atoms with Gasteiger partial charge in [0.2, 0.25) is 0 Å². The fraction of sp³-hybridized carbons (Fsp3) is 0.421. The fourth-order valence-corrected chi connectivity index (χ4v) is 3.50. The number of hydrogen-bond acceptors (Lipinski definition) is 3. The largest absolute Gasteiger partial charge is 0.468 e. The van der Waals surface area contributed by atoms with Crippen LogP contribution in [0.15, 0.2) is 42.0 Å². The van der Waals surface area contributed by atoms with Crippen molar-refractivity contribution in [3.63, 3.8) is 0 Å². The summed E-state index contributed by atoms with van der Waals surface area (Å²) < 4.78 is 10.2. The molecule has 1 aromatic rings. The molecule has 0 radical (unpaired) electrons. The Morgan fingerprint density at radius 2 is 1.91 bits per heavy atom. The molecule has 0 aromatic heterocycles. The van der Waals surface area contributed by atoms with E-state index in [0.717, 1.165) is 23.3 Å². The van der Waals surface area contributed by atoms with E-state index in [2.05, 4.69) is 26.0 Å². The van der Waals surface area contributed by atoms with Gasteiger partial charge in [-0.05, 0) is 47.1 Å². The van der Waals surface area contributed by atoms with E-state index in [9.17, 15) is 4.79 Å². The molecule has 3 heteroatoms. The van der Waals surface area contributed by atoms with Gasteiger partial charge in [0.15, 0.2) is 12.6 Å². The number of carbonyl (C=O) groups excluding carboxylic acids is 1. The van der Waals surface area contributed by atoms with Crippen LogP contribution < -0.4 is 4.74 Å². The maximum Gasteiger partial charge on any atom is 0.188 e. The Balaban J connectivity index is 1.70. The smallest absolute Gasteiger partial charge is 0.188 e. The van der Waals surface area contributed by atoms with Crippen LogP contribution in [0, 0.1) is 17.3 Å². The van der Waals surface area contributed by atoms with Crippen molar-refractivity contribution in [1.29, 1.82) is 0 Å². The first-order valence-electron chi connectivity index (χ1n) is 7.67. The maximum absolute atomic E-state index is 12.1. The quantitative estimate of drug-likeness (QED) is 0.774. The van der Waals surface area contributed by atoms with E-state index in [0.29, 0.717) is 5.92 Å². The van der Waals surface area contributed by atoms with Gasteiger partial charge in [-0.1, -0.05) is 38.1 Å². The molecule has 0 heterocycles. The van der Waals surface area contributed by atoms with Gasteiger partial charge in [-0.2, -0.15) is 0 Å². The summed E-state index contributed by atoms with van der Waals surface area (Å²) in [7, 11) is 1.60. The average molecular weight is 298 g/mol. The van der Waals surface area contributed by atoms with Crippen LogP contribution in [-0.2, 0) is 9.53 Å². The van der Waals surface area contributed by atoms with Crippen LogP contribution in [0.25, 0.3) is 6.08 Å². The highest BCUT2D eigenvalue weighted by atomic mass is 16.7. The van der Waals surface area contributed by atoms with Gasteiger partial charge in [-0.15, -0.1) is 0 Å². The molecule has 2 atom stereocenters. The number of hydrogen-bond donors (Lipinski definition) is 0. The Morgan fingerprint density at radius 3 is 2.50 bits per heavy atom. The van der Waals surface area contributed by atoms with Gasteiger partial charge in [-0.3, -0.25) is 4.79 Å². The normalized spacial score (nSPS) is 25.8. The summed E-state index contributed by atoms with van der Waals surface area (Å²) in [6, 6.07) is 7.84. The third kappa shape index (κ3) is 2.61. The minimum Gasteiger partial charge on any atom is -0.468 e. The lowest BCUT2D eigenvalue weighted by atomic mass is 9.48. The molecule has 1 fully saturated rings. The van der Waals surface area contributed by atoms with E-state index >= 15 is 0 Å². The Hall–Kier alpha value is -1.87. The van der Waals surface area contributed by atoms with Gasteiger partial charge in [0.05, 0.1) is 0 Å². The molecule has 0 unspecified atom stereocenters. The molecule has 22 heavy (non-hydrogen) atoms. The monoisotopic (exact) mass is 298 g/mol. The maximum atomic E-state index is 12.1. The van der Waals surface area contributed by atoms with E-state index in [1.54, 1.807) is 7.11 Å². The van der Waals surface area contributed by atoms with Crippen molar-refractivity contribution < 1.29 is 14.3 Å². The zero-order chi connectivity index (χ0) is 15.7. The van der Waals surface area contributed by atoms with Crippen molar-refractivity contribution in [2.24, 2.45) is 17.3 Å². The van der Waals surface area contributed by atoms with Crippen molar-refractivity contribution in [2.75, 3.05) is 13.9 Å². The third-order valence-electron chi connectivity index (χ3n) is 5.01. The summed E-state index contributed by atoms with van der Waals surface area (Å²) in [6.07, 6.45) is 6.99. The molecule has 2 bridgehead atoms. The number of allylic oxidation sites excluding steroid dienone is 3. The highest BCUT2D eigenvalue weighted by molar-refractivity contribution is 5.96. The summed E-state index contributed by atoms with van der Waals surface area (Å²) in [5.41, 5.74) is 2.37. The molecule has 0 aliphatic heterocycles. The minimum absolute atomic E-state index is 0.114. The van der Waals surface area contributed by atoms with Crippen LogP contribution in [0.4, 0.5) is 0 Å². The van der Waals surface area contributed by atoms with Crippen LogP contribution in [0.5, 0.6) is 5.75 Å². The molecule has 1 aromatic carbocycles. The Morgan fingerprint density at radius 1 is 1.18 bits per heavy atom. The number of fused-ring (bicyclic) bond motifs is 1. The molecule has 3 aliphatic carbocycles. The van der Waals surface area contributed by atoms with Gasteiger partial charge in [0.1, 0.15) is 5.75 Å². The number of methoxy groups -OCH3 is 1. The second-order valence-corrected chi connectivity index (χ2v) is 6.66. The zero-order valence-corrected chi connectivity index (χ0v) is 13.3. The second kappa shape index (κ2) is 5.73. The molecule has 3 nitrogen and oxygen atoms in total. The van der Waals surface area contributed by atoms with Crippen molar-refractivity contribution in [1.82, 2.24) is 0 Å². The Kier molecular flexibility index (Phi) is 3.92. The number of benzene rings is 1. The van der Waals surface area contributed by atoms with Crippen molar-refractivity contribution in [3.05, 3.63) is 47.6 Å². The lowest BCUT2D eigenvalue weighted by Gasteiger charge is -2.54. The Bertz CT molecular complexity index is 623. The lowest BCUT2D eigenvalue weighted by Crippen LogP contribution is -2.52. The summed E-state index contributed by atoms with van der Waals surface area (Å²) in [5.74, 6) is 1.81. The molecule has 0 N–H and O–H groups in total. The number of rotatable bonds is 5. The third-order valence-corrected chi connectivity index (χ3v) is 5.01. The van der Waals surface area contributed by atoms with E-state index in [1.165, 1.54) is 0 Å². The molecular formula is C19H22O3. The molecule has 0 saturated heterocycles. The zero-order valence-electron chi connectivity index (χ0n) is 13.3. The van der Waals surface area contributed by atoms with E-state index in [4.69, 9.17) is 9.47 Å². The topological polar surface area (TPSA) is 35.5 Å². The average Bonchev–Trinajstić information content (AvgIpc) is 2.51. The number of ether oxygens (including phenoxy) is 2. The first-order chi connectivity index (χ1) is 10.5. The van der Waals surface area contributed by atoms with Gasteiger partial charge >= 0.3 is 0 Å². The van der Waals surface area contributed by atoms with Crippen LogP contribution in [0.3, 0.4) is 0 Å². The minimum atomic E-state index is 0.114. The van der Waals surface area contributed by atoms with E-state index in [1.807, 2.05) is 30.3 Å². The van der Waals surface area contributed by atoms with Gasteiger partial charge < -0.3 is 9.47 Å². The fourth-order valence-electron chi connectivity index (χ4n) is 3.50. The standard InChI is InChI=1S/C19H22O3/c1-19(2)16-11-17(19)18(20)10-14(16)7-4-13-5-8-15(9-6-13)22-12-21-3/h4-10,16-17H,11-12H2,1-3H3/b7-4+/t16-,17+/m0/s1. The van der Waals surface area contributed by atoms with Crippen LogP contribution in [-0.4, -0.2) is 19.7 Å². The molecule has 3 aliphatic rings. The first-order valence-corrected chi connectivity index (χ1v) is 7.67. The van der Waals surface area contributed by atoms with E-state index in [-0.39, 0.29) is 23.9 Å². The molecular weight excluding hydrogens is 276 g/mol. The van der Waals surface area contributed by atoms with Gasteiger partial charge in [-0.25, -0.2) is 0 Å².